The lowest BCUT2D eigenvalue weighted by Gasteiger charge is -2.37. The molecule has 0 radical (unpaired) electrons. The Morgan fingerprint density at radius 3 is 2.42 bits per heavy atom. The summed E-state index contributed by atoms with van der Waals surface area (Å²) in [6, 6.07) is 3.71. The summed E-state index contributed by atoms with van der Waals surface area (Å²) in [5, 5.41) is 19.7. The van der Waals surface area contributed by atoms with Crippen LogP contribution in [0.4, 0.5) is 0 Å². The third-order valence-corrected chi connectivity index (χ3v) is 9.02. The second-order valence-electron chi connectivity index (χ2n) is 10.8. The zero-order valence-corrected chi connectivity index (χ0v) is 26.1. The molecule has 8 nitrogen and oxygen atoms in total. The van der Waals surface area contributed by atoms with E-state index in [4.69, 9.17) is 25.8 Å². The van der Waals surface area contributed by atoms with Crippen molar-refractivity contribution in [3.05, 3.63) is 45.1 Å². The molecule has 4 atom stereocenters. The molecular weight excluding hydrogens is 548 g/mol. The summed E-state index contributed by atoms with van der Waals surface area (Å²) in [5.41, 5.74) is 0.156. The zero-order valence-electron chi connectivity index (χ0n) is 24.5. The Kier molecular flexibility index (Phi) is 15.3. The summed E-state index contributed by atoms with van der Waals surface area (Å²) in [5.74, 6) is 0.724. The van der Waals surface area contributed by atoms with Crippen molar-refractivity contribution in [1.29, 1.82) is 0 Å². The largest absolute Gasteiger partial charge is 0.385 e. The standard InChI is InChI=1S/C15H23ClN2O2.C15H26N2O2S/c1-19-8-3-9-20-15(12-4-2-6-17-11-12)14-10-13(16)5-7-18-14;1-12-10-17-14(20-12)15(18,7-3-4-9-19-2)13-6-5-8-16-11-13/h5,7,10,12,15,17H,2-4,6,8-9,11H2,1H3;10,13,16,18H,3-9,11H2,1-2H3/t12?,15-;13?,15-/m10/s1. The number of nitrogens with one attached hydrogen (secondary N) is 2. The van der Waals surface area contributed by atoms with Gasteiger partial charge in [-0.2, -0.15) is 0 Å². The average Bonchev–Trinajstić information content (AvgIpc) is 3.43. The smallest absolute Gasteiger partial charge is 0.125 e. The molecule has 2 aliphatic heterocycles. The van der Waals surface area contributed by atoms with Crippen LogP contribution in [0.25, 0.3) is 0 Å². The molecule has 2 aromatic heterocycles. The first-order chi connectivity index (χ1) is 19.5. The van der Waals surface area contributed by atoms with E-state index >= 15 is 0 Å². The van der Waals surface area contributed by atoms with E-state index in [9.17, 15) is 5.11 Å². The molecule has 3 N–H and O–H groups in total. The number of aryl methyl sites for hydroxylation is 1. The van der Waals surface area contributed by atoms with Gasteiger partial charge in [-0.1, -0.05) is 11.6 Å². The number of nitrogens with zero attached hydrogens (tertiary/aromatic N) is 2. The van der Waals surface area contributed by atoms with Gasteiger partial charge in [-0.05, 0) is 83.5 Å². The molecule has 0 bridgehead atoms. The molecular formula is C30H49ClN4O4S. The molecule has 0 spiro atoms. The predicted molar refractivity (Wildman–Crippen MR) is 162 cm³/mol. The molecule has 2 aromatic rings. The number of rotatable bonds is 14. The molecule has 40 heavy (non-hydrogen) atoms. The Morgan fingerprint density at radius 2 is 1.80 bits per heavy atom. The Balaban J connectivity index is 0.000000220. The summed E-state index contributed by atoms with van der Waals surface area (Å²) in [4.78, 5) is 10.1. The van der Waals surface area contributed by atoms with E-state index in [1.165, 1.54) is 11.3 Å². The van der Waals surface area contributed by atoms with E-state index < -0.39 is 5.60 Å². The molecule has 4 rings (SSSR count). The lowest BCUT2D eigenvalue weighted by atomic mass is 9.79. The van der Waals surface area contributed by atoms with Crippen molar-refractivity contribution in [1.82, 2.24) is 20.6 Å². The van der Waals surface area contributed by atoms with Gasteiger partial charge >= 0.3 is 0 Å². The number of aliphatic hydroxyl groups is 1. The van der Waals surface area contributed by atoms with E-state index in [1.54, 1.807) is 37.8 Å². The maximum atomic E-state index is 11.3. The van der Waals surface area contributed by atoms with Crippen LogP contribution in [0.3, 0.4) is 0 Å². The van der Waals surface area contributed by atoms with E-state index in [0.29, 0.717) is 17.5 Å². The van der Waals surface area contributed by atoms with Gasteiger partial charge in [-0.3, -0.25) is 4.98 Å². The van der Waals surface area contributed by atoms with E-state index in [1.807, 2.05) is 19.2 Å². The van der Waals surface area contributed by atoms with Crippen LogP contribution in [0.15, 0.2) is 24.5 Å². The molecule has 2 aliphatic rings. The number of aromatic nitrogens is 2. The monoisotopic (exact) mass is 596 g/mol. The number of pyridine rings is 1. The van der Waals surface area contributed by atoms with Crippen LogP contribution in [0.2, 0.25) is 5.02 Å². The minimum absolute atomic E-state index is 0.0124. The summed E-state index contributed by atoms with van der Waals surface area (Å²) in [6.45, 7) is 8.23. The first kappa shape index (κ1) is 33.3. The third-order valence-electron chi connectivity index (χ3n) is 7.71. The van der Waals surface area contributed by atoms with Crippen molar-refractivity contribution in [2.45, 2.75) is 70.0 Å². The second kappa shape index (κ2) is 18.4. The number of unbranched alkanes of at least 4 members (excludes halogenated alkanes) is 1. The van der Waals surface area contributed by atoms with Crippen molar-refractivity contribution in [3.63, 3.8) is 0 Å². The number of hydrogen-bond donors (Lipinski definition) is 3. The Bertz CT molecular complexity index is 955. The lowest BCUT2D eigenvalue weighted by Crippen LogP contribution is -2.44. The Labute approximate surface area is 249 Å². The minimum Gasteiger partial charge on any atom is -0.385 e. The molecule has 2 unspecified atom stereocenters. The predicted octanol–water partition coefficient (Wildman–Crippen LogP) is 5.28. The third kappa shape index (κ3) is 10.6. The van der Waals surface area contributed by atoms with Crippen molar-refractivity contribution in [3.8, 4) is 0 Å². The first-order valence-corrected chi connectivity index (χ1v) is 15.9. The van der Waals surface area contributed by atoms with E-state index in [2.05, 4.69) is 20.6 Å². The molecule has 0 aromatic carbocycles. The topological polar surface area (TPSA) is 97.8 Å². The van der Waals surface area contributed by atoms with Crippen LogP contribution in [0.1, 0.15) is 73.0 Å². The fourth-order valence-electron chi connectivity index (χ4n) is 5.53. The Hall–Kier alpha value is -1.17. The van der Waals surface area contributed by atoms with Crippen LogP contribution in [-0.4, -0.2) is 75.3 Å². The van der Waals surface area contributed by atoms with E-state index in [0.717, 1.165) is 95.0 Å². The number of ether oxygens (including phenoxy) is 3. The number of hydrogen-bond acceptors (Lipinski definition) is 9. The molecule has 0 aliphatic carbocycles. The highest BCUT2D eigenvalue weighted by Crippen LogP contribution is 2.40. The molecule has 0 saturated carbocycles. The minimum atomic E-state index is -0.778. The van der Waals surface area contributed by atoms with Crippen LogP contribution < -0.4 is 10.6 Å². The molecule has 0 amide bonds. The number of halogens is 1. The first-order valence-electron chi connectivity index (χ1n) is 14.8. The van der Waals surface area contributed by atoms with Gasteiger partial charge in [-0.15, -0.1) is 11.3 Å². The van der Waals surface area contributed by atoms with Gasteiger partial charge in [0.15, 0.2) is 0 Å². The summed E-state index contributed by atoms with van der Waals surface area (Å²) < 4.78 is 16.3. The number of methoxy groups -OCH3 is 2. The van der Waals surface area contributed by atoms with Crippen LogP contribution in [-0.2, 0) is 19.8 Å². The van der Waals surface area contributed by atoms with Crippen molar-refractivity contribution in [2.24, 2.45) is 11.8 Å². The fraction of sp³-hybridized carbons (Fsp3) is 0.733. The highest BCUT2D eigenvalue weighted by Gasteiger charge is 2.40. The van der Waals surface area contributed by atoms with Gasteiger partial charge in [0.1, 0.15) is 16.7 Å². The maximum Gasteiger partial charge on any atom is 0.125 e. The Morgan fingerprint density at radius 1 is 1.05 bits per heavy atom. The molecule has 2 saturated heterocycles. The number of piperidine rings is 2. The highest BCUT2D eigenvalue weighted by molar-refractivity contribution is 7.11. The summed E-state index contributed by atoms with van der Waals surface area (Å²) in [6.07, 6.45) is 11.8. The van der Waals surface area contributed by atoms with Gasteiger partial charge in [0.05, 0.1) is 5.69 Å². The SMILES string of the molecule is COCCCC[C@@](O)(c1ncc(C)s1)C1CCCNC1.COCCCO[C@@H](c1cc(Cl)ccn1)C1CCCNC1. The quantitative estimate of drug-likeness (QED) is 0.253. The summed E-state index contributed by atoms with van der Waals surface area (Å²) in [7, 11) is 3.43. The summed E-state index contributed by atoms with van der Waals surface area (Å²) >= 11 is 7.71. The van der Waals surface area contributed by atoms with Gasteiger partial charge in [0.25, 0.3) is 0 Å². The van der Waals surface area contributed by atoms with Crippen molar-refractivity contribution >= 4 is 22.9 Å². The number of thiazole rings is 1. The van der Waals surface area contributed by atoms with Gasteiger partial charge in [-0.25, -0.2) is 4.98 Å². The maximum absolute atomic E-state index is 11.3. The van der Waals surface area contributed by atoms with Gasteiger partial charge in [0, 0.05) is 81.3 Å². The normalized spacial score (nSPS) is 21.7. The average molecular weight is 597 g/mol. The molecule has 10 heteroatoms. The molecule has 2 fully saturated rings. The zero-order chi connectivity index (χ0) is 28.6. The van der Waals surface area contributed by atoms with Crippen LogP contribution in [0, 0.1) is 18.8 Å². The fourth-order valence-corrected chi connectivity index (χ4v) is 6.66. The van der Waals surface area contributed by atoms with Crippen molar-refractivity contribution < 1.29 is 19.3 Å². The molecule has 226 valence electrons. The van der Waals surface area contributed by atoms with Crippen molar-refractivity contribution in [2.75, 3.05) is 60.2 Å². The van der Waals surface area contributed by atoms with Gasteiger partial charge < -0.3 is 30.0 Å². The van der Waals surface area contributed by atoms with E-state index in [-0.39, 0.29) is 12.0 Å². The second-order valence-corrected chi connectivity index (χ2v) is 12.5. The lowest BCUT2D eigenvalue weighted by molar-refractivity contribution is -0.0435. The van der Waals surface area contributed by atoms with Crippen LogP contribution in [0.5, 0.6) is 0 Å². The van der Waals surface area contributed by atoms with Crippen LogP contribution >= 0.6 is 22.9 Å². The molecule has 4 heterocycles. The van der Waals surface area contributed by atoms with Gasteiger partial charge in [0.2, 0.25) is 0 Å². The highest BCUT2D eigenvalue weighted by atomic mass is 35.5.